The maximum absolute atomic E-state index is 14.6. The van der Waals surface area contributed by atoms with E-state index in [4.69, 9.17) is 4.74 Å². The molecule has 1 aromatic carbocycles. The fraction of sp³-hybridized carbons (Fsp3) is 0.552. The van der Waals surface area contributed by atoms with Crippen LogP contribution in [0.1, 0.15) is 37.3 Å². The van der Waals surface area contributed by atoms with E-state index < -0.39 is 22.6 Å². The third-order valence-electron chi connectivity index (χ3n) is 8.11. The number of amides is 2. The van der Waals surface area contributed by atoms with Crippen molar-refractivity contribution < 1.29 is 24.2 Å². The number of nitrogens with zero attached hydrogens (tertiary/aromatic N) is 2. The van der Waals surface area contributed by atoms with Crippen LogP contribution in [0.3, 0.4) is 0 Å². The quantitative estimate of drug-likeness (QED) is 0.269. The molecule has 4 rings (SSSR count). The van der Waals surface area contributed by atoms with Gasteiger partial charge in [-0.05, 0) is 56.2 Å². The molecule has 6 atom stereocenters. The number of anilines is 1. The highest BCUT2D eigenvalue weighted by Gasteiger charge is 2.76. The van der Waals surface area contributed by atoms with E-state index in [1.54, 1.807) is 33.7 Å². The van der Waals surface area contributed by atoms with Crippen molar-refractivity contribution in [2.45, 2.75) is 56.1 Å². The van der Waals surface area contributed by atoms with Crippen LogP contribution in [0.15, 0.2) is 43.5 Å². The first-order chi connectivity index (χ1) is 17.7. The van der Waals surface area contributed by atoms with Gasteiger partial charge < -0.3 is 19.6 Å². The number of ether oxygens (including phenoxy) is 1. The van der Waals surface area contributed by atoms with Crippen molar-refractivity contribution in [3.63, 3.8) is 0 Å². The average Bonchev–Trinajstić information content (AvgIpc) is 3.46. The molecule has 3 heterocycles. The summed E-state index contributed by atoms with van der Waals surface area (Å²) >= 11 is 1.63. The third-order valence-corrected chi connectivity index (χ3v) is 10.2. The van der Waals surface area contributed by atoms with E-state index in [9.17, 15) is 19.5 Å². The highest BCUT2D eigenvalue weighted by Crippen LogP contribution is 2.68. The van der Waals surface area contributed by atoms with Crippen LogP contribution in [-0.2, 0) is 19.1 Å². The Morgan fingerprint density at radius 1 is 1.30 bits per heavy atom. The van der Waals surface area contributed by atoms with Crippen LogP contribution >= 0.6 is 11.8 Å². The van der Waals surface area contributed by atoms with Crippen LogP contribution in [0.2, 0.25) is 0 Å². The number of esters is 1. The van der Waals surface area contributed by atoms with Gasteiger partial charge in [0.05, 0.1) is 23.2 Å². The zero-order chi connectivity index (χ0) is 26.9. The molecule has 0 aliphatic carbocycles. The molecule has 0 aromatic heterocycles. The number of hydrogen-bond acceptors (Lipinski definition) is 6. The van der Waals surface area contributed by atoms with Gasteiger partial charge in [0, 0.05) is 30.6 Å². The molecule has 7 nitrogen and oxygen atoms in total. The molecule has 37 heavy (non-hydrogen) atoms. The molecule has 3 fully saturated rings. The zero-order valence-electron chi connectivity index (χ0n) is 22.0. The first kappa shape index (κ1) is 27.5. The summed E-state index contributed by atoms with van der Waals surface area (Å²) in [5.41, 5.74) is 2.79. The number of aliphatic hydroxyl groups is 1. The van der Waals surface area contributed by atoms with Gasteiger partial charge in [-0.25, -0.2) is 0 Å². The molecule has 3 aliphatic rings. The van der Waals surface area contributed by atoms with Crippen LogP contribution in [0.25, 0.3) is 0 Å². The summed E-state index contributed by atoms with van der Waals surface area (Å²) in [5.74, 6) is -1.85. The molecule has 0 saturated carbocycles. The van der Waals surface area contributed by atoms with E-state index in [0.29, 0.717) is 19.4 Å². The van der Waals surface area contributed by atoms with E-state index in [1.165, 1.54) is 0 Å². The molecule has 0 radical (unpaired) electrons. The van der Waals surface area contributed by atoms with Crippen LogP contribution < -0.4 is 4.90 Å². The van der Waals surface area contributed by atoms with Crippen molar-refractivity contribution in [2.75, 3.05) is 31.2 Å². The fourth-order valence-corrected chi connectivity index (χ4v) is 8.89. The summed E-state index contributed by atoms with van der Waals surface area (Å²) in [6.45, 7) is 14.3. The van der Waals surface area contributed by atoms with Gasteiger partial charge in [-0.2, -0.15) is 0 Å². The Bertz CT molecular complexity index is 1090. The van der Waals surface area contributed by atoms with Gasteiger partial charge in [0.25, 0.3) is 5.91 Å². The Hall–Kier alpha value is -2.58. The number of rotatable bonds is 11. The molecule has 8 heteroatoms. The van der Waals surface area contributed by atoms with Crippen molar-refractivity contribution in [3.05, 3.63) is 54.6 Å². The number of fused-ring (bicyclic) bond motifs is 1. The predicted octanol–water partition coefficient (Wildman–Crippen LogP) is 3.66. The molecule has 3 aliphatic heterocycles. The molecule has 200 valence electrons. The second-order valence-electron chi connectivity index (χ2n) is 10.4. The van der Waals surface area contributed by atoms with Gasteiger partial charge in [0.15, 0.2) is 0 Å². The largest absolute Gasteiger partial charge is 0.465 e. The second kappa shape index (κ2) is 11.0. The lowest BCUT2D eigenvalue weighted by Crippen LogP contribution is -2.57. The van der Waals surface area contributed by atoms with E-state index >= 15 is 0 Å². The summed E-state index contributed by atoms with van der Waals surface area (Å²) in [4.78, 5) is 45.2. The SMILES string of the molecule is C=CCCOC(=O)[C@@H]1[C@H]2C(=O)N(CCCO)C(C(=O)N(CC=C)c3cc(C)ccc3C)C23S[C@@H]1CC3C. The van der Waals surface area contributed by atoms with Gasteiger partial charge in [-0.3, -0.25) is 14.4 Å². The molecule has 3 saturated heterocycles. The van der Waals surface area contributed by atoms with Gasteiger partial charge in [-0.15, -0.1) is 24.9 Å². The average molecular weight is 527 g/mol. The van der Waals surface area contributed by atoms with Crippen molar-refractivity contribution in [1.82, 2.24) is 4.90 Å². The maximum Gasteiger partial charge on any atom is 0.310 e. The van der Waals surface area contributed by atoms with Gasteiger partial charge >= 0.3 is 5.97 Å². The summed E-state index contributed by atoms with van der Waals surface area (Å²) in [6, 6.07) is 5.25. The Balaban J connectivity index is 1.78. The lowest BCUT2D eigenvalue weighted by molar-refractivity contribution is -0.154. The summed E-state index contributed by atoms with van der Waals surface area (Å²) in [7, 11) is 0. The predicted molar refractivity (Wildman–Crippen MR) is 146 cm³/mol. The number of hydrogen-bond donors (Lipinski definition) is 1. The Kier molecular flexibility index (Phi) is 8.19. The number of likely N-dealkylation sites (tertiary alicyclic amines) is 1. The lowest BCUT2D eigenvalue weighted by atomic mass is 9.66. The summed E-state index contributed by atoms with van der Waals surface area (Å²) in [5, 5.41) is 9.52. The van der Waals surface area contributed by atoms with Crippen LogP contribution in [-0.4, -0.2) is 70.1 Å². The minimum absolute atomic E-state index is 0.0611. The molecular weight excluding hydrogens is 488 g/mol. The monoisotopic (exact) mass is 526 g/mol. The van der Waals surface area contributed by atoms with Crippen molar-refractivity contribution >= 4 is 35.2 Å². The van der Waals surface area contributed by atoms with Crippen LogP contribution in [0.5, 0.6) is 0 Å². The fourth-order valence-electron chi connectivity index (χ4n) is 6.48. The highest BCUT2D eigenvalue weighted by molar-refractivity contribution is 8.02. The Labute approximate surface area is 223 Å². The minimum Gasteiger partial charge on any atom is -0.465 e. The number of carbonyl (C=O) groups is 3. The third kappa shape index (κ3) is 4.52. The molecule has 1 aromatic rings. The molecule has 3 unspecified atom stereocenters. The van der Waals surface area contributed by atoms with E-state index in [1.807, 2.05) is 32.0 Å². The molecular formula is C29H38N2O5S. The van der Waals surface area contributed by atoms with Gasteiger partial charge in [0.2, 0.25) is 5.91 Å². The van der Waals surface area contributed by atoms with Crippen LogP contribution in [0.4, 0.5) is 5.69 Å². The number of thioether (sulfide) groups is 1. The second-order valence-corrected chi connectivity index (χ2v) is 12.0. The van der Waals surface area contributed by atoms with E-state index in [-0.39, 0.29) is 48.7 Å². The van der Waals surface area contributed by atoms with E-state index in [2.05, 4.69) is 20.1 Å². The number of carbonyl (C=O) groups excluding carboxylic acids is 3. The molecule has 2 amide bonds. The smallest absolute Gasteiger partial charge is 0.310 e. The topological polar surface area (TPSA) is 87.1 Å². The lowest BCUT2D eigenvalue weighted by Gasteiger charge is -2.40. The number of benzene rings is 1. The molecule has 1 spiro atoms. The van der Waals surface area contributed by atoms with E-state index in [0.717, 1.165) is 23.2 Å². The van der Waals surface area contributed by atoms with Crippen molar-refractivity contribution in [2.24, 2.45) is 17.8 Å². The summed E-state index contributed by atoms with van der Waals surface area (Å²) < 4.78 is 4.83. The highest BCUT2D eigenvalue weighted by atomic mass is 32.2. The van der Waals surface area contributed by atoms with Crippen LogP contribution in [0, 0.1) is 31.6 Å². The first-order valence-corrected chi connectivity index (χ1v) is 14.0. The number of aryl methyl sites for hydroxylation is 2. The zero-order valence-corrected chi connectivity index (χ0v) is 22.8. The van der Waals surface area contributed by atoms with Crippen molar-refractivity contribution in [3.8, 4) is 0 Å². The maximum atomic E-state index is 14.6. The number of aliphatic hydroxyl groups excluding tert-OH is 1. The van der Waals surface area contributed by atoms with Gasteiger partial charge in [-0.1, -0.05) is 31.2 Å². The standard InChI is InChI=1S/C29H38N2O5S/c1-6-8-15-36-28(35)23-22-17-20(5)29(37-22)24(23)26(33)31(13-9-14-32)25(29)27(34)30(12-7-2)21-16-18(3)10-11-19(21)4/h6-7,10-11,16,20,22-25,32H,1-2,8-9,12-15,17H2,3-5H3/t20?,22-,23+,24+,25?,29?/m1/s1. The first-order valence-electron chi connectivity index (χ1n) is 13.1. The molecule has 2 bridgehead atoms. The normalized spacial score (nSPS) is 29.8. The Morgan fingerprint density at radius 3 is 2.73 bits per heavy atom. The Morgan fingerprint density at radius 2 is 2.05 bits per heavy atom. The minimum atomic E-state index is -0.743. The van der Waals surface area contributed by atoms with Gasteiger partial charge in [0.1, 0.15) is 6.04 Å². The molecule has 1 N–H and O–H groups in total. The summed E-state index contributed by atoms with van der Waals surface area (Å²) in [6.07, 6.45) is 5.05. The van der Waals surface area contributed by atoms with Crippen molar-refractivity contribution in [1.29, 1.82) is 0 Å².